The van der Waals surface area contributed by atoms with E-state index in [2.05, 4.69) is 17.3 Å². The molecule has 0 aromatic carbocycles. The van der Waals surface area contributed by atoms with Gasteiger partial charge in [0, 0.05) is 13.1 Å². The van der Waals surface area contributed by atoms with Crippen molar-refractivity contribution in [3.63, 3.8) is 0 Å². The third-order valence-corrected chi connectivity index (χ3v) is 5.28. The van der Waals surface area contributed by atoms with Crippen LogP contribution < -0.4 is 5.32 Å². The highest BCUT2D eigenvalue weighted by Gasteiger charge is 2.53. The van der Waals surface area contributed by atoms with E-state index < -0.39 is 0 Å². The molecule has 3 aliphatic rings. The molecule has 0 amide bonds. The first kappa shape index (κ1) is 11.0. The van der Waals surface area contributed by atoms with Crippen LogP contribution in [0, 0.1) is 17.3 Å². The van der Waals surface area contributed by atoms with Gasteiger partial charge in [-0.05, 0) is 69.5 Å². The lowest BCUT2D eigenvalue weighted by molar-refractivity contribution is 0.188. The minimum Gasteiger partial charge on any atom is -0.317 e. The van der Waals surface area contributed by atoms with Gasteiger partial charge in [0.25, 0.3) is 0 Å². The van der Waals surface area contributed by atoms with Crippen LogP contribution in [0.2, 0.25) is 0 Å². The molecule has 1 N–H and O–H groups in total. The summed E-state index contributed by atoms with van der Waals surface area (Å²) < 4.78 is 0. The Morgan fingerprint density at radius 2 is 1.94 bits per heavy atom. The third-order valence-electron chi connectivity index (χ3n) is 5.28. The van der Waals surface area contributed by atoms with Crippen molar-refractivity contribution in [1.82, 2.24) is 10.2 Å². The molecule has 92 valence electrons. The van der Waals surface area contributed by atoms with E-state index in [1.807, 2.05) is 0 Å². The monoisotopic (exact) mass is 222 g/mol. The van der Waals surface area contributed by atoms with Gasteiger partial charge in [-0.2, -0.15) is 0 Å². The van der Waals surface area contributed by atoms with Crippen molar-refractivity contribution in [2.75, 3.05) is 33.2 Å². The van der Waals surface area contributed by atoms with Gasteiger partial charge in [0.15, 0.2) is 0 Å². The summed E-state index contributed by atoms with van der Waals surface area (Å²) in [5.41, 5.74) is 0.777. The van der Waals surface area contributed by atoms with Crippen molar-refractivity contribution >= 4 is 0 Å². The molecule has 2 heteroatoms. The van der Waals surface area contributed by atoms with Gasteiger partial charge in [0.2, 0.25) is 0 Å². The van der Waals surface area contributed by atoms with Crippen molar-refractivity contribution in [1.29, 1.82) is 0 Å². The van der Waals surface area contributed by atoms with Crippen molar-refractivity contribution in [2.24, 2.45) is 17.3 Å². The Morgan fingerprint density at radius 3 is 2.56 bits per heavy atom. The van der Waals surface area contributed by atoms with E-state index >= 15 is 0 Å². The summed E-state index contributed by atoms with van der Waals surface area (Å²) in [6, 6.07) is 0. The van der Waals surface area contributed by atoms with Crippen LogP contribution >= 0.6 is 0 Å². The molecule has 0 bridgehead atoms. The quantitative estimate of drug-likeness (QED) is 0.784. The van der Waals surface area contributed by atoms with Gasteiger partial charge in [-0.1, -0.05) is 6.42 Å². The molecule has 2 saturated carbocycles. The van der Waals surface area contributed by atoms with Gasteiger partial charge in [-0.3, -0.25) is 0 Å². The Labute approximate surface area is 99.8 Å². The summed E-state index contributed by atoms with van der Waals surface area (Å²) in [6.45, 7) is 5.27. The molecule has 1 heterocycles. The van der Waals surface area contributed by atoms with Crippen molar-refractivity contribution in [3.8, 4) is 0 Å². The van der Waals surface area contributed by atoms with E-state index in [0.29, 0.717) is 0 Å². The van der Waals surface area contributed by atoms with Gasteiger partial charge in [-0.15, -0.1) is 0 Å². The van der Waals surface area contributed by atoms with E-state index in [0.717, 1.165) is 17.3 Å². The maximum absolute atomic E-state index is 3.49. The average Bonchev–Trinajstić information content (AvgIpc) is 2.86. The van der Waals surface area contributed by atoms with Gasteiger partial charge in [0.1, 0.15) is 0 Å². The first-order chi connectivity index (χ1) is 7.78. The Bertz CT molecular complexity index is 241. The molecule has 0 aromatic rings. The molecule has 1 unspecified atom stereocenters. The highest BCUT2D eigenvalue weighted by Crippen LogP contribution is 2.58. The number of nitrogens with one attached hydrogen (secondary N) is 1. The fraction of sp³-hybridized carbons (Fsp3) is 1.00. The minimum absolute atomic E-state index is 0.777. The maximum Gasteiger partial charge on any atom is 0.00123 e. The minimum atomic E-state index is 0.777. The lowest BCUT2D eigenvalue weighted by Gasteiger charge is -2.31. The zero-order chi connectivity index (χ0) is 11.0. The molecule has 1 aliphatic heterocycles. The predicted molar refractivity (Wildman–Crippen MR) is 67.5 cm³/mol. The topological polar surface area (TPSA) is 15.3 Å². The average molecular weight is 222 g/mol. The lowest BCUT2D eigenvalue weighted by atomic mass is 9.85. The normalized spacial score (nSPS) is 33.0. The fourth-order valence-corrected chi connectivity index (χ4v) is 3.79. The second-order valence-electron chi connectivity index (χ2n) is 6.53. The number of nitrogens with zero attached hydrogens (tertiary/aromatic N) is 1. The van der Waals surface area contributed by atoms with E-state index in [1.165, 1.54) is 64.7 Å². The number of rotatable bonds is 4. The van der Waals surface area contributed by atoms with Gasteiger partial charge >= 0.3 is 0 Å². The van der Waals surface area contributed by atoms with E-state index in [1.54, 1.807) is 0 Å². The van der Waals surface area contributed by atoms with Gasteiger partial charge in [0.05, 0.1) is 0 Å². The second-order valence-corrected chi connectivity index (χ2v) is 6.53. The van der Waals surface area contributed by atoms with E-state index in [4.69, 9.17) is 0 Å². The molecule has 3 fully saturated rings. The maximum atomic E-state index is 3.49. The zero-order valence-corrected chi connectivity index (χ0v) is 10.7. The first-order valence-corrected chi connectivity index (χ1v) is 7.18. The SMILES string of the molecule is CN(CC1CCC1)CC1CC12CCNCC2. The molecule has 3 rings (SSSR count). The third kappa shape index (κ3) is 2.14. The highest BCUT2D eigenvalue weighted by molar-refractivity contribution is 5.05. The number of hydrogen-bond acceptors (Lipinski definition) is 2. The summed E-state index contributed by atoms with van der Waals surface area (Å²) in [7, 11) is 2.34. The van der Waals surface area contributed by atoms with Crippen LogP contribution in [-0.2, 0) is 0 Å². The molecule has 0 aromatic heterocycles. The van der Waals surface area contributed by atoms with Crippen LogP contribution in [0.15, 0.2) is 0 Å². The summed E-state index contributed by atoms with van der Waals surface area (Å²) in [5.74, 6) is 2.06. The van der Waals surface area contributed by atoms with Gasteiger partial charge < -0.3 is 10.2 Å². The van der Waals surface area contributed by atoms with Crippen LogP contribution in [0.3, 0.4) is 0 Å². The van der Waals surface area contributed by atoms with Gasteiger partial charge in [-0.25, -0.2) is 0 Å². The standard InChI is InChI=1S/C14H26N2/c1-16(10-12-3-2-4-12)11-13-9-14(13)5-7-15-8-6-14/h12-13,15H,2-11H2,1H3. The Balaban J connectivity index is 1.42. The van der Waals surface area contributed by atoms with Crippen LogP contribution in [0.4, 0.5) is 0 Å². The molecular weight excluding hydrogens is 196 g/mol. The summed E-state index contributed by atoms with van der Waals surface area (Å²) >= 11 is 0. The number of piperidine rings is 1. The molecule has 1 spiro atoms. The number of hydrogen-bond donors (Lipinski definition) is 1. The Hall–Kier alpha value is -0.0800. The first-order valence-electron chi connectivity index (χ1n) is 7.18. The second kappa shape index (κ2) is 4.30. The molecule has 16 heavy (non-hydrogen) atoms. The Kier molecular flexibility index (Phi) is 2.97. The zero-order valence-electron chi connectivity index (χ0n) is 10.7. The molecular formula is C14H26N2. The van der Waals surface area contributed by atoms with E-state index in [9.17, 15) is 0 Å². The van der Waals surface area contributed by atoms with E-state index in [-0.39, 0.29) is 0 Å². The smallest absolute Gasteiger partial charge is 0.00123 e. The lowest BCUT2D eigenvalue weighted by Crippen LogP contribution is -2.34. The molecule has 0 radical (unpaired) electrons. The van der Waals surface area contributed by atoms with Crippen LogP contribution in [0.25, 0.3) is 0 Å². The van der Waals surface area contributed by atoms with Crippen molar-refractivity contribution < 1.29 is 0 Å². The molecule has 2 aliphatic carbocycles. The van der Waals surface area contributed by atoms with Crippen molar-refractivity contribution in [3.05, 3.63) is 0 Å². The highest BCUT2D eigenvalue weighted by atomic mass is 15.1. The molecule has 1 saturated heterocycles. The fourth-order valence-electron chi connectivity index (χ4n) is 3.79. The summed E-state index contributed by atoms with van der Waals surface area (Å²) in [6.07, 6.45) is 8.86. The Morgan fingerprint density at radius 1 is 1.19 bits per heavy atom. The summed E-state index contributed by atoms with van der Waals surface area (Å²) in [4.78, 5) is 2.62. The van der Waals surface area contributed by atoms with Crippen LogP contribution in [0.5, 0.6) is 0 Å². The predicted octanol–water partition coefficient (Wildman–Crippen LogP) is 2.11. The largest absolute Gasteiger partial charge is 0.317 e. The molecule has 2 nitrogen and oxygen atoms in total. The summed E-state index contributed by atoms with van der Waals surface area (Å²) in [5, 5.41) is 3.49. The molecule has 1 atom stereocenters. The van der Waals surface area contributed by atoms with Crippen LogP contribution in [-0.4, -0.2) is 38.1 Å². The van der Waals surface area contributed by atoms with Crippen molar-refractivity contribution in [2.45, 2.75) is 38.5 Å². The van der Waals surface area contributed by atoms with Crippen LogP contribution in [0.1, 0.15) is 38.5 Å².